The SMILES string of the molecule is [O-][N+]1(c2cnccc2C2CC2)CCNC1. The van der Waals surface area contributed by atoms with Gasteiger partial charge in [0.25, 0.3) is 0 Å². The molecule has 1 saturated carbocycles. The Bertz CT molecular complexity index is 370. The Kier molecular flexibility index (Phi) is 2.02. The predicted octanol–water partition coefficient (Wildman–Crippen LogP) is 1.32. The van der Waals surface area contributed by atoms with Gasteiger partial charge in [0.15, 0.2) is 5.69 Å². The lowest BCUT2D eigenvalue weighted by Gasteiger charge is -2.37. The molecule has 4 heteroatoms. The lowest BCUT2D eigenvalue weighted by Crippen LogP contribution is -2.42. The molecule has 1 atom stereocenters. The Labute approximate surface area is 89.1 Å². The molecule has 1 unspecified atom stereocenters. The lowest BCUT2D eigenvalue weighted by molar-refractivity contribution is 0.444. The van der Waals surface area contributed by atoms with Gasteiger partial charge < -0.3 is 9.85 Å². The van der Waals surface area contributed by atoms with Crippen LogP contribution in [0.4, 0.5) is 5.69 Å². The van der Waals surface area contributed by atoms with Crippen molar-refractivity contribution in [3.05, 3.63) is 29.2 Å². The number of pyridine rings is 1. The molecule has 1 aliphatic carbocycles. The van der Waals surface area contributed by atoms with E-state index in [1.807, 2.05) is 6.07 Å². The van der Waals surface area contributed by atoms with E-state index in [-0.39, 0.29) is 4.65 Å². The third-order valence-electron chi connectivity index (χ3n) is 3.31. The number of quaternary nitrogens is 1. The molecule has 2 aliphatic rings. The molecule has 4 nitrogen and oxygen atoms in total. The fraction of sp³-hybridized carbons (Fsp3) is 0.545. The number of nitrogens with zero attached hydrogens (tertiary/aromatic N) is 2. The Morgan fingerprint density at radius 3 is 3.00 bits per heavy atom. The summed E-state index contributed by atoms with van der Waals surface area (Å²) in [6.45, 7) is 1.93. The molecule has 1 aliphatic heterocycles. The van der Waals surface area contributed by atoms with Crippen molar-refractivity contribution in [2.75, 3.05) is 19.8 Å². The second-order valence-electron chi connectivity index (χ2n) is 4.48. The van der Waals surface area contributed by atoms with E-state index < -0.39 is 0 Å². The molecule has 0 bridgehead atoms. The first-order valence-electron chi connectivity index (χ1n) is 5.53. The molecular formula is C11H15N3O. The molecular weight excluding hydrogens is 190 g/mol. The van der Waals surface area contributed by atoms with Crippen LogP contribution in [0, 0.1) is 5.21 Å². The van der Waals surface area contributed by atoms with Crippen LogP contribution in [0.2, 0.25) is 0 Å². The molecule has 0 spiro atoms. The zero-order valence-electron chi connectivity index (χ0n) is 8.65. The topological polar surface area (TPSA) is 48.0 Å². The second-order valence-corrected chi connectivity index (χ2v) is 4.48. The average Bonchev–Trinajstić information content (AvgIpc) is 3.02. The summed E-state index contributed by atoms with van der Waals surface area (Å²) in [5.41, 5.74) is 2.11. The maximum atomic E-state index is 12.5. The van der Waals surface area contributed by atoms with Gasteiger partial charge in [0, 0.05) is 11.8 Å². The second kappa shape index (κ2) is 3.27. The van der Waals surface area contributed by atoms with Gasteiger partial charge in [-0.3, -0.25) is 10.3 Å². The van der Waals surface area contributed by atoms with E-state index in [1.54, 1.807) is 12.4 Å². The minimum Gasteiger partial charge on any atom is -0.626 e. The first-order chi connectivity index (χ1) is 7.30. The van der Waals surface area contributed by atoms with E-state index in [1.165, 1.54) is 18.4 Å². The zero-order valence-corrected chi connectivity index (χ0v) is 8.65. The molecule has 2 heterocycles. The van der Waals surface area contributed by atoms with Gasteiger partial charge in [-0.25, -0.2) is 0 Å². The Balaban J connectivity index is 2.02. The van der Waals surface area contributed by atoms with Crippen LogP contribution in [0.15, 0.2) is 18.5 Å². The molecule has 0 amide bonds. The molecule has 2 fully saturated rings. The highest BCUT2D eigenvalue weighted by atomic mass is 16.6. The van der Waals surface area contributed by atoms with Crippen molar-refractivity contribution in [1.82, 2.24) is 14.9 Å². The van der Waals surface area contributed by atoms with Crippen LogP contribution >= 0.6 is 0 Å². The van der Waals surface area contributed by atoms with Gasteiger partial charge in [0.2, 0.25) is 0 Å². The molecule has 80 valence electrons. The van der Waals surface area contributed by atoms with Gasteiger partial charge in [0.05, 0.1) is 19.3 Å². The monoisotopic (exact) mass is 205 g/mol. The molecule has 0 aromatic carbocycles. The summed E-state index contributed by atoms with van der Waals surface area (Å²) in [5.74, 6) is 0.618. The fourth-order valence-electron chi connectivity index (χ4n) is 2.28. The summed E-state index contributed by atoms with van der Waals surface area (Å²) in [6, 6.07) is 2.02. The van der Waals surface area contributed by atoms with Crippen LogP contribution in [-0.4, -0.2) is 24.7 Å². The maximum Gasteiger partial charge on any atom is 0.155 e. The van der Waals surface area contributed by atoms with Crippen molar-refractivity contribution in [3.63, 3.8) is 0 Å². The van der Waals surface area contributed by atoms with E-state index in [0.717, 1.165) is 12.2 Å². The molecule has 1 aromatic heterocycles. The van der Waals surface area contributed by atoms with E-state index in [4.69, 9.17) is 0 Å². The van der Waals surface area contributed by atoms with Crippen molar-refractivity contribution in [3.8, 4) is 0 Å². The highest BCUT2D eigenvalue weighted by Crippen LogP contribution is 2.45. The number of hydrogen-bond donors (Lipinski definition) is 1. The molecule has 0 radical (unpaired) electrons. The smallest absolute Gasteiger partial charge is 0.155 e. The third kappa shape index (κ3) is 1.55. The Morgan fingerprint density at radius 2 is 2.33 bits per heavy atom. The van der Waals surface area contributed by atoms with Gasteiger partial charge in [-0.15, -0.1) is 0 Å². The van der Waals surface area contributed by atoms with Gasteiger partial charge in [-0.05, 0) is 24.8 Å². The van der Waals surface area contributed by atoms with Gasteiger partial charge in [-0.1, -0.05) is 0 Å². The van der Waals surface area contributed by atoms with Crippen molar-refractivity contribution in [1.29, 1.82) is 0 Å². The number of hydroxylamine groups is 2. The van der Waals surface area contributed by atoms with Crippen LogP contribution in [0.3, 0.4) is 0 Å². The fourth-order valence-corrected chi connectivity index (χ4v) is 2.28. The van der Waals surface area contributed by atoms with Gasteiger partial charge in [0.1, 0.15) is 6.67 Å². The lowest BCUT2D eigenvalue weighted by atomic mass is 10.1. The summed E-state index contributed by atoms with van der Waals surface area (Å²) in [5, 5.41) is 15.6. The first-order valence-corrected chi connectivity index (χ1v) is 5.53. The van der Waals surface area contributed by atoms with Crippen molar-refractivity contribution < 1.29 is 0 Å². The van der Waals surface area contributed by atoms with Crippen molar-refractivity contribution in [2.45, 2.75) is 18.8 Å². The summed E-state index contributed by atoms with van der Waals surface area (Å²) in [7, 11) is 0. The Morgan fingerprint density at radius 1 is 1.47 bits per heavy atom. The third-order valence-corrected chi connectivity index (χ3v) is 3.31. The Hall–Kier alpha value is -0.970. The van der Waals surface area contributed by atoms with E-state index >= 15 is 0 Å². The number of aromatic nitrogens is 1. The largest absolute Gasteiger partial charge is 0.626 e. The van der Waals surface area contributed by atoms with Crippen LogP contribution in [0.1, 0.15) is 24.3 Å². The summed E-state index contributed by atoms with van der Waals surface area (Å²) in [6.07, 6.45) is 6.01. The minimum atomic E-state index is -0.236. The minimum absolute atomic E-state index is 0.236. The standard InChI is InChI=1S/C11H15N3O/c15-14(6-5-13-8-14)11-7-12-4-3-10(11)9-1-2-9/h3-4,7,9,13H,1-2,5-6,8H2. The molecule has 1 aromatic rings. The van der Waals surface area contributed by atoms with E-state index in [0.29, 0.717) is 19.1 Å². The summed E-state index contributed by atoms with van der Waals surface area (Å²) < 4.78 is -0.236. The van der Waals surface area contributed by atoms with E-state index in [9.17, 15) is 5.21 Å². The molecule has 1 saturated heterocycles. The highest BCUT2D eigenvalue weighted by Gasteiger charge is 2.34. The number of rotatable bonds is 2. The van der Waals surface area contributed by atoms with Crippen LogP contribution in [0.25, 0.3) is 0 Å². The van der Waals surface area contributed by atoms with E-state index in [2.05, 4.69) is 10.3 Å². The highest BCUT2D eigenvalue weighted by molar-refractivity contribution is 5.52. The zero-order chi connectivity index (χ0) is 10.3. The van der Waals surface area contributed by atoms with Crippen LogP contribution in [-0.2, 0) is 0 Å². The quantitative estimate of drug-likeness (QED) is 0.585. The van der Waals surface area contributed by atoms with Gasteiger partial charge >= 0.3 is 0 Å². The molecule has 15 heavy (non-hydrogen) atoms. The normalized spacial score (nSPS) is 30.7. The molecule has 3 rings (SSSR count). The number of nitrogens with one attached hydrogen (secondary N) is 1. The predicted molar refractivity (Wildman–Crippen MR) is 59.1 cm³/mol. The van der Waals surface area contributed by atoms with Crippen molar-refractivity contribution in [2.24, 2.45) is 0 Å². The van der Waals surface area contributed by atoms with Gasteiger partial charge in [-0.2, -0.15) is 0 Å². The molecule has 1 N–H and O–H groups in total. The first kappa shape index (κ1) is 9.27. The average molecular weight is 205 g/mol. The maximum absolute atomic E-state index is 12.5. The number of hydrogen-bond acceptors (Lipinski definition) is 3. The van der Waals surface area contributed by atoms with Crippen LogP contribution in [0.5, 0.6) is 0 Å². The van der Waals surface area contributed by atoms with Crippen LogP contribution < -0.4 is 9.96 Å². The van der Waals surface area contributed by atoms with Crippen molar-refractivity contribution >= 4 is 5.69 Å². The summed E-state index contributed by atoms with van der Waals surface area (Å²) >= 11 is 0. The summed E-state index contributed by atoms with van der Waals surface area (Å²) in [4.78, 5) is 4.10.